The third-order valence-corrected chi connectivity index (χ3v) is 3.50. The molecule has 0 fully saturated rings. The number of benzene rings is 1. The third kappa shape index (κ3) is 3.12. The van der Waals surface area contributed by atoms with Crippen molar-refractivity contribution in [3.63, 3.8) is 0 Å². The Bertz CT molecular complexity index is 602. The largest absolute Gasteiger partial charge is 0.497 e. The first-order valence-electron chi connectivity index (χ1n) is 5.62. The van der Waals surface area contributed by atoms with Crippen LogP contribution in [0.1, 0.15) is 21.3 Å². The van der Waals surface area contributed by atoms with Crippen molar-refractivity contribution in [2.75, 3.05) is 7.11 Å². The van der Waals surface area contributed by atoms with Crippen LogP contribution in [-0.2, 0) is 0 Å². The molecule has 0 spiro atoms. The molecule has 1 atom stereocenters. The van der Waals surface area contributed by atoms with Crippen molar-refractivity contribution in [2.45, 2.75) is 6.04 Å². The van der Waals surface area contributed by atoms with Gasteiger partial charge in [0.25, 0.3) is 5.91 Å². The number of rotatable bonds is 4. The number of ether oxygens (including phenoxy) is 1. The normalized spacial score (nSPS) is 11.4. The Kier molecular flexibility index (Phi) is 4.16. The summed E-state index contributed by atoms with van der Waals surface area (Å²) in [6.45, 7) is 0. The summed E-state index contributed by atoms with van der Waals surface area (Å²) in [5.41, 5.74) is 0.469. The van der Waals surface area contributed by atoms with Crippen LogP contribution in [-0.4, -0.2) is 13.0 Å². The average Bonchev–Trinajstić information content (AvgIpc) is 2.98. The molecular weight excluding hydrogens is 260 g/mol. The molecule has 1 unspecified atom stereocenters. The van der Waals surface area contributed by atoms with E-state index in [0.29, 0.717) is 11.3 Å². The van der Waals surface area contributed by atoms with Crippen LogP contribution in [0.3, 0.4) is 0 Å². The molecule has 0 saturated carbocycles. The quantitative estimate of drug-likeness (QED) is 0.930. The molecule has 0 aliphatic rings. The van der Waals surface area contributed by atoms with Gasteiger partial charge in [0, 0.05) is 10.4 Å². The predicted molar refractivity (Wildman–Crippen MR) is 73.1 cm³/mol. The van der Waals surface area contributed by atoms with E-state index in [1.165, 1.54) is 11.3 Å². The number of methoxy groups -OCH3 is 1. The lowest BCUT2D eigenvalue weighted by Crippen LogP contribution is -2.27. The minimum Gasteiger partial charge on any atom is -0.497 e. The van der Waals surface area contributed by atoms with Crippen molar-refractivity contribution < 1.29 is 9.53 Å². The minimum atomic E-state index is -0.626. The average molecular weight is 272 g/mol. The van der Waals surface area contributed by atoms with Crippen LogP contribution in [0.5, 0.6) is 5.75 Å². The van der Waals surface area contributed by atoms with Gasteiger partial charge in [-0.2, -0.15) is 5.26 Å². The lowest BCUT2D eigenvalue weighted by Gasteiger charge is -2.10. The van der Waals surface area contributed by atoms with Gasteiger partial charge >= 0.3 is 0 Å². The Balaban J connectivity index is 2.14. The van der Waals surface area contributed by atoms with E-state index in [1.54, 1.807) is 31.4 Å². The summed E-state index contributed by atoms with van der Waals surface area (Å²) >= 11 is 1.44. The second-order valence-electron chi connectivity index (χ2n) is 3.78. The number of thiophene rings is 1. The topological polar surface area (TPSA) is 62.1 Å². The summed E-state index contributed by atoms with van der Waals surface area (Å²) < 4.78 is 5.07. The third-order valence-electron chi connectivity index (χ3n) is 2.56. The smallest absolute Gasteiger partial charge is 0.252 e. The molecule has 1 aromatic carbocycles. The highest BCUT2D eigenvalue weighted by molar-refractivity contribution is 7.10. The van der Waals surface area contributed by atoms with E-state index >= 15 is 0 Å². The zero-order chi connectivity index (χ0) is 13.7. The summed E-state index contributed by atoms with van der Waals surface area (Å²) in [4.78, 5) is 12.9. The molecule has 4 nitrogen and oxygen atoms in total. The van der Waals surface area contributed by atoms with Crippen LogP contribution < -0.4 is 10.1 Å². The molecule has 2 aromatic rings. The zero-order valence-electron chi connectivity index (χ0n) is 10.3. The highest BCUT2D eigenvalue weighted by Crippen LogP contribution is 2.19. The Morgan fingerprint density at radius 3 is 2.89 bits per heavy atom. The molecule has 0 bridgehead atoms. The van der Waals surface area contributed by atoms with E-state index < -0.39 is 6.04 Å². The molecule has 1 amide bonds. The first-order chi connectivity index (χ1) is 9.24. The molecule has 2 rings (SSSR count). The van der Waals surface area contributed by atoms with Gasteiger partial charge in [-0.1, -0.05) is 12.1 Å². The van der Waals surface area contributed by atoms with E-state index in [4.69, 9.17) is 10.00 Å². The number of nitriles is 1. The van der Waals surface area contributed by atoms with Gasteiger partial charge in [-0.05, 0) is 29.6 Å². The number of hydrogen-bond acceptors (Lipinski definition) is 4. The van der Waals surface area contributed by atoms with Gasteiger partial charge in [-0.3, -0.25) is 4.79 Å². The van der Waals surface area contributed by atoms with E-state index in [2.05, 4.69) is 11.4 Å². The van der Waals surface area contributed by atoms with Crippen LogP contribution in [0.2, 0.25) is 0 Å². The summed E-state index contributed by atoms with van der Waals surface area (Å²) in [6, 6.07) is 11.9. The van der Waals surface area contributed by atoms with Gasteiger partial charge in [0.15, 0.2) is 6.04 Å². The number of carbonyl (C=O) groups is 1. The first kappa shape index (κ1) is 13.1. The highest BCUT2D eigenvalue weighted by atomic mass is 32.1. The Labute approximate surface area is 115 Å². The van der Waals surface area contributed by atoms with Crippen molar-refractivity contribution in [1.82, 2.24) is 5.32 Å². The second kappa shape index (κ2) is 6.03. The fraction of sp³-hybridized carbons (Fsp3) is 0.143. The molecule has 0 saturated heterocycles. The standard InChI is InChI=1S/C14H12N2O2S/c1-18-11-5-2-4-10(8-11)14(17)16-12(9-15)13-6-3-7-19-13/h2-8,12H,1H3,(H,16,17). The Hall–Kier alpha value is -2.32. The zero-order valence-corrected chi connectivity index (χ0v) is 11.1. The molecule has 1 aromatic heterocycles. The van der Waals surface area contributed by atoms with Crippen LogP contribution >= 0.6 is 11.3 Å². The number of hydrogen-bond donors (Lipinski definition) is 1. The van der Waals surface area contributed by atoms with Gasteiger partial charge in [0.05, 0.1) is 13.2 Å². The molecule has 0 radical (unpaired) electrons. The predicted octanol–water partition coefficient (Wildman–Crippen LogP) is 2.75. The number of amides is 1. The summed E-state index contributed by atoms with van der Waals surface area (Å²) in [6.07, 6.45) is 0. The molecule has 5 heteroatoms. The molecule has 0 aliphatic heterocycles. The Morgan fingerprint density at radius 1 is 1.42 bits per heavy atom. The maximum atomic E-state index is 12.1. The highest BCUT2D eigenvalue weighted by Gasteiger charge is 2.16. The molecule has 19 heavy (non-hydrogen) atoms. The van der Waals surface area contributed by atoms with Crippen LogP contribution in [0, 0.1) is 11.3 Å². The number of nitrogens with zero attached hydrogens (tertiary/aromatic N) is 1. The van der Waals surface area contributed by atoms with Crippen molar-refractivity contribution in [2.24, 2.45) is 0 Å². The van der Waals surface area contributed by atoms with Gasteiger partial charge in [0.2, 0.25) is 0 Å². The summed E-state index contributed by atoms with van der Waals surface area (Å²) in [7, 11) is 1.54. The maximum absolute atomic E-state index is 12.1. The monoisotopic (exact) mass is 272 g/mol. The van der Waals surface area contributed by atoms with Crippen molar-refractivity contribution in [3.8, 4) is 11.8 Å². The molecular formula is C14H12N2O2S. The van der Waals surface area contributed by atoms with Crippen LogP contribution in [0.4, 0.5) is 0 Å². The van der Waals surface area contributed by atoms with Gasteiger partial charge in [-0.15, -0.1) is 11.3 Å². The van der Waals surface area contributed by atoms with Gasteiger partial charge in [-0.25, -0.2) is 0 Å². The molecule has 0 aliphatic carbocycles. The van der Waals surface area contributed by atoms with E-state index in [-0.39, 0.29) is 5.91 Å². The van der Waals surface area contributed by atoms with Crippen molar-refractivity contribution in [1.29, 1.82) is 5.26 Å². The fourth-order valence-electron chi connectivity index (χ4n) is 1.60. The summed E-state index contributed by atoms with van der Waals surface area (Å²) in [5, 5.41) is 13.7. The molecule has 96 valence electrons. The van der Waals surface area contributed by atoms with Crippen LogP contribution in [0.25, 0.3) is 0 Å². The molecule has 1 heterocycles. The van der Waals surface area contributed by atoms with Crippen LogP contribution in [0.15, 0.2) is 41.8 Å². The Morgan fingerprint density at radius 2 is 2.26 bits per heavy atom. The molecule has 1 N–H and O–H groups in total. The minimum absolute atomic E-state index is 0.293. The van der Waals surface area contributed by atoms with Gasteiger partial charge < -0.3 is 10.1 Å². The second-order valence-corrected chi connectivity index (χ2v) is 4.76. The van der Waals surface area contributed by atoms with E-state index in [9.17, 15) is 4.79 Å². The SMILES string of the molecule is COc1cccc(C(=O)NC(C#N)c2cccs2)c1. The van der Waals surface area contributed by atoms with E-state index in [1.807, 2.05) is 17.5 Å². The summed E-state index contributed by atoms with van der Waals surface area (Å²) in [5.74, 6) is 0.316. The lowest BCUT2D eigenvalue weighted by molar-refractivity contribution is 0.0945. The number of nitrogens with one attached hydrogen (secondary N) is 1. The lowest BCUT2D eigenvalue weighted by atomic mass is 10.2. The maximum Gasteiger partial charge on any atom is 0.252 e. The van der Waals surface area contributed by atoms with Crippen molar-refractivity contribution >= 4 is 17.2 Å². The van der Waals surface area contributed by atoms with E-state index in [0.717, 1.165) is 4.88 Å². The first-order valence-corrected chi connectivity index (χ1v) is 6.50. The van der Waals surface area contributed by atoms with Crippen molar-refractivity contribution in [3.05, 3.63) is 52.2 Å². The number of carbonyl (C=O) groups excluding carboxylic acids is 1. The fourth-order valence-corrected chi connectivity index (χ4v) is 2.32. The van der Waals surface area contributed by atoms with Gasteiger partial charge in [0.1, 0.15) is 5.75 Å².